The Bertz CT molecular complexity index is 492. The van der Waals surface area contributed by atoms with Gasteiger partial charge in [-0.2, -0.15) is 4.39 Å². The second-order valence-electron chi connectivity index (χ2n) is 3.42. The molecule has 0 spiro atoms. The van der Waals surface area contributed by atoms with Crippen LogP contribution in [-0.2, 0) is 4.74 Å². The van der Waals surface area contributed by atoms with Crippen LogP contribution in [0.5, 0.6) is 5.75 Å². The van der Waals surface area contributed by atoms with Gasteiger partial charge in [0.15, 0.2) is 17.4 Å². The summed E-state index contributed by atoms with van der Waals surface area (Å²) in [5.74, 6) is -6.25. The van der Waals surface area contributed by atoms with Crippen LogP contribution in [0.2, 0.25) is 0 Å². The molecule has 1 N–H and O–H groups in total. The lowest BCUT2D eigenvalue weighted by atomic mass is 10.1. The van der Waals surface area contributed by atoms with Crippen LogP contribution in [0.1, 0.15) is 24.2 Å². The van der Waals surface area contributed by atoms with Gasteiger partial charge in [-0.1, -0.05) is 0 Å². The summed E-state index contributed by atoms with van der Waals surface area (Å²) in [6.07, 6.45) is 0. The first-order valence-corrected chi connectivity index (χ1v) is 5.67. The molecule has 0 aliphatic heterocycles. The standard InChI is InChI=1S/C12H14F3NO3/c1-4-18-11-8(14)7(13)6(12(17)19-5-2)10(16-3)9(11)15/h16H,4-5H2,1-3H3. The summed E-state index contributed by atoms with van der Waals surface area (Å²) < 4.78 is 50.7. The molecule has 4 nitrogen and oxygen atoms in total. The molecule has 0 saturated heterocycles. The Balaban J connectivity index is 3.51. The van der Waals surface area contributed by atoms with Gasteiger partial charge in [0.1, 0.15) is 5.56 Å². The average Bonchev–Trinajstić information content (AvgIpc) is 2.38. The van der Waals surface area contributed by atoms with Gasteiger partial charge in [-0.3, -0.25) is 0 Å². The van der Waals surface area contributed by atoms with Crippen LogP contribution in [0.25, 0.3) is 0 Å². The fourth-order valence-corrected chi connectivity index (χ4v) is 1.54. The Morgan fingerprint density at radius 1 is 1.11 bits per heavy atom. The normalized spacial score (nSPS) is 10.2. The van der Waals surface area contributed by atoms with Crippen molar-refractivity contribution >= 4 is 11.7 Å². The predicted molar refractivity (Wildman–Crippen MR) is 63.0 cm³/mol. The van der Waals surface area contributed by atoms with E-state index in [2.05, 4.69) is 10.1 Å². The minimum Gasteiger partial charge on any atom is -0.488 e. The van der Waals surface area contributed by atoms with E-state index in [-0.39, 0.29) is 13.2 Å². The highest BCUT2D eigenvalue weighted by atomic mass is 19.2. The van der Waals surface area contributed by atoms with E-state index >= 15 is 0 Å². The summed E-state index contributed by atoms with van der Waals surface area (Å²) in [6.45, 7) is 2.90. The van der Waals surface area contributed by atoms with Gasteiger partial charge in [0.25, 0.3) is 0 Å². The van der Waals surface area contributed by atoms with Gasteiger partial charge < -0.3 is 14.8 Å². The van der Waals surface area contributed by atoms with Crippen molar-refractivity contribution in [2.75, 3.05) is 25.6 Å². The summed E-state index contributed by atoms with van der Waals surface area (Å²) in [5.41, 5.74) is -1.32. The van der Waals surface area contributed by atoms with Gasteiger partial charge in [0, 0.05) is 7.05 Å². The van der Waals surface area contributed by atoms with Crippen LogP contribution in [0.3, 0.4) is 0 Å². The van der Waals surface area contributed by atoms with E-state index in [1.807, 2.05) is 0 Å². The number of hydrogen-bond donors (Lipinski definition) is 1. The fourth-order valence-electron chi connectivity index (χ4n) is 1.54. The quantitative estimate of drug-likeness (QED) is 0.664. The molecule has 19 heavy (non-hydrogen) atoms. The minimum absolute atomic E-state index is 0.0438. The molecule has 0 aromatic heterocycles. The highest BCUT2D eigenvalue weighted by Crippen LogP contribution is 2.34. The zero-order valence-corrected chi connectivity index (χ0v) is 10.8. The Kier molecular flexibility index (Phi) is 5.02. The molecule has 0 aliphatic carbocycles. The molecule has 1 aromatic carbocycles. The van der Waals surface area contributed by atoms with Crippen molar-refractivity contribution < 1.29 is 27.4 Å². The molecule has 0 bridgehead atoms. The van der Waals surface area contributed by atoms with Gasteiger partial charge in [0.2, 0.25) is 5.82 Å². The monoisotopic (exact) mass is 277 g/mol. The second-order valence-corrected chi connectivity index (χ2v) is 3.42. The summed E-state index contributed by atoms with van der Waals surface area (Å²) in [5, 5.41) is 2.31. The van der Waals surface area contributed by atoms with Gasteiger partial charge in [-0.25, -0.2) is 13.6 Å². The summed E-state index contributed by atoms with van der Waals surface area (Å²) in [7, 11) is 1.27. The zero-order chi connectivity index (χ0) is 14.6. The van der Waals surface area contributed by atoms with Crippen molar-refractivity contribution in [3.63, 3.8) is 0 Å². The van der Waals surface area contributed by atoms with E-state index in [9.17, 15) is 18.0 Å². The fraction of sp³-hybridized carbons (Fsp3) is 0.417. The van der Waals surface area contributed by atoms with E-state index in [4.69, 9.17) is 4.74 Å². The van der Waals surface area contributed by atoms with Crippen LogP contribution in [-0.4, -0.2) is 26.2 Å². The summed E-state index contributed by atoms with van der Waals surface area (Å²) in [6, 6.07) is 0. The predicted octanol–water partition coefficient (Wildman–Crippen LogP) is 2.72. The molecule has 106 valence electrons. The largest absolute Gasteiger partial charge is 0.488 e. The number of esters is 1. The molecular formula is C12H14F3NO3. The summed E-state index contributed by atoms with van der Waals surface area (Å²) >= 11 is 0. The van der Waals surface area contributed by atoms with Crippen LogP contribution in [0.15, 0.2) is 0 Å². The Labute approximate surface area is 108 Å². The molecule has 0 fully saturated rings. The number of ether oxygens (including phenoxy) is 2. The molecule has 0 amide bonds. The molecular weight excluding hydrogens is 263 g/mol. The third kappa shape index (κ3) is 2.74. The molecule has 1 aromatic rings. The maximum Gasteiger partial charge on any atom is 0.343 e. The molecule has 7 heteroatoms. The topological polar surface area (TPSA) is 47.6 Å². The van der Waals surface area contributed by atoms with E-state index in [0.29, 0.717) is 0 Å². The first-order chi connectivity index (χ1) is 8.99. The SMILES string of the molecule is CCOC(=O)c1c(F)c(F)c(OCC)c(F)c1NC. The van der Waals surface area contributed by atoms with E-state index in [1.165, 1.54) is 20.9 Å². The first kappa shape index (κ1) is 15.1. The van der Waals surface area contributed by atoms with Crippen molar-refractivity contribution in [2.24, 2.45) is 0 Å². The van der Waals surface area contributed by atoms with Crippen LogP contribution in [0.4, 0.5) is 18.9 Å². The van der Waals surface area contributed by atoms with Crippen molar-refractivity contribution in [1.82, 2.24) is 0 Å². The number of benzene rings is 1. The lowest BCUT2D eigenvalue weighted by Crippen LogP contribution is -2.15. The molecule has 0 saturated carbocycles. The third-order valence-electron chi connectivity index (χ3n) is 2.30. The highest BCUT2D eigenvalue weighted by molar-refractivity contribution is 5.96. The zero-order valence-electron chi connectivity index (χ0n) is 10.8. The van der Waals surface area contributed by atoms with E-state index in [0.717, 1.165) is 0 Å². The number of halogens is 3. The highest BCUT2D eigenvalue weighted by Gasteiger charge is 2.30. The number of carbonyl (C=O) groups is 1. The van der Waals surface area contributed by atoms with Crippen LogP contribution < -0.4 is 10.1 Å². The van der Waals surface area contributed by atoms with Crippen molar-refractivity contribution in [1.29, 1.82) is 0 Å². The van der Waals surface area contributed by atoms with Crippen molar-refractivity contribution in [3.05, 3.63) is 23.0 Å². The van der Waals surface area contributed by atoms with Crippen molar-refractivity contribution in [2.45, 2.75) is 13.8 Å². The number of nitrogens with one attached hydrogen (secondary N) is 1. The molecule has 0 unspecified atom stereocenters. The Hall–Kier alpha value is -1.92. The maximum absolute atomic E-state index is 14.0. The first-order valence-electron chi connectivity index (χ1n) is 5.67. The second kappa shape index (κ2) is 6.31. The van der Waals surface area contributed by atoms with Crippen LogP contribution in [0, 0.1) is 17.5 Å². The lowest BCUT2D eigenvalue weighted by molar-refractivity contribution is 0.0520. The number of hydrogen-bond acceptors (Lipinski definition) is 4. The van der Waals surface area contributed by atoms with Crippen LogP contribution >= 0.6 is 0 Å². The molecule has 0 radical (unpaired) electrons. The maximum atomic E-state index is 14.0. The van der Waals surface area contributed by atoms with E-state index in [1.54, 1.807) is 0 Å². The smallest absolute Gasteiger partial charge is 0.343 e. The van der Waals surface area contributed by atoms with Gasteiger partial charge in [-0.15, -0.1) is 0 Å². The average molecular weight is 277 g/mol. The molecule has 0 atom stereocenters. The lowest BCUT2D eigenvalue weighted by Gasteiger charge is -2.15. The van der Waals surface area contributed by atoms with E-state index < -0.39 is 40.4 Å². The molecule has 0 aliphatic rings. The Morgan fingerprint density at radius 2 is 1.74 bits per heavy atom. The Morgan fingerprint density at radius 3 is 2.21 bits per heavy atom. The van der Waals surface area contributed by atoms with Gasteiger partial charge in [-0.05, 0) is 13.8 Å². The van der Waals surface area contributed by atoms with Gasteiger partial charge in [0.05, 0.1) is 18.9 Å². The summed E-state index contributed by atoms with van der Waals surface area (Å²) in [4.78, 5) is 11.5. The number of rotatable bonds is 5. The number of anilines is 1. The third-order valence-corrected chi connectivity index (χ3v) is 2.30. The van der Waals surface area contributed by atoms with Crippen molar-refractivity contribution in [3.8, 4) is 5.75 Å². The molecule has 1 rings (SSSR count). The molecule has 0 heterocycles. The number of carbonyl (C=O) groups excluding carboxylic acids is 1. The minimum atomic E-state index is -1.55. The van der Waals surface area contributed by atoms with Gasteiger partial charge >= 0.3 is 5.97 Å².